The van der Waals surface area contributed by atoms with Crippen molar-refractivity contribution in [1.29, 1.82) is 0 Å². The number of nitrogens with zero attached hydrogens (tertiary/aromatic N) is 1. The first-order valence-corrected chi connectivity index (χ1v) is 9.62. The van der Waals surface area contributed by atoms with Crippen LogP contribution in [-0.2, 0) is 19.1 Å². The summed E-state index contributed by atoms with van der Waals surface area (Å²) in [5.41, 5.74) is 5.21. The van der Waals surface area contributed by atoms with E-state index in [9.17, 15) is 24.0 Å². The molecule has 1 saturated heterocycles. The molecule has 3 rings (SSSR count). The van der Waals surface area contributed by atoms with Crippen LogP contribution in [0.1, 0.15) is 33.6 Å². The van der Waals surface area contributed by atoms with Gasteiger partial charge in [-0.3, -0.25) is 34.9 Å². The lowest BCUT2D eigenvalue weighted by atomic mass is 10.2. The first-order valence-electron chi connectivity index (χ1n) is 8.83. The monoisotopic (exact) mass is 473 g/mol. The second-order valence-corrected chi connectivity index (χ2v) is 7.17. The van der Waals surface area contributed by atoms with Crippen LogP contribution >= 0.6 is 15.9 Å². The van der Waals surface area contributed by atoms with Gasteiger partial charge < -0.3 is 4.74 Å². The average Bonchev–Trinajstić information content (AvgIpc) is 3.08. The van der Waals surface area contributed by atoms with Crippen LogP contribution in [0.4, 0.5) is 5.69 Å². The molecule has 0 atom stereocenters. The van der Waals surface area contributed by atoms with E-state index in [4.69, 9.17) is 4.74 Å². The van der Waals surface area contributed by atoms with Gasteiger partial charge in [0, 0.05) is 22.9 Å². The predicted molar refractivity (Wildman–Crippen MR) is 108 cm³/mol. The van der Waals surface area contributed by atoms with Crippen molar-refractivity contribution in [3.05, 3.63) is 64.1 Å². The topological polar surface area (TPSA) is 122 Å². The van der Waals surface area contributed by atoms with Crippen LogP contribution in [0.15, 0.2) is 53.0 Å². The number of hydrazine groups is 1. The van der Waals surface area contributed by atoms with E-state index in [0.29, 0.717) is 11.3 Å². The molecule has 0 aromatic heterocycles. The van der Waals surface area contributed by atoms with Crippen molar-refractivity contribution < 1.29 is 28.7 Å². The van der Waals surface area contributed by atoms with Crippen molar-refractivity contribution in [2.24, 2.45) is 0 Å². The van der Waals surface area contributed by atoms with Crippen LogP contribution in [0.3, 0.4) is 0 Å². The second-order valence-electron chi connectivity index (χ2n) is 6.26. The van der Waals surface area contributed by atoms with Crippen molar-refractivity contribution in [3.8, 4) is 0 Å². The van der Waals surface area contributed by atoms with E-state index < -0.39 is 24.4 Å². The van der Waals surface area contributed by atoms with Crippen molar-refractivity contribution in [2.75, 3.05) is 11.5 Å². The minimum Gasteiger partial charge on any atom is -0.452 e. The van der Waals surface area contributed by atoms with Gasteiger partial charge in [-0.05, 0) is 48.5 Å². The van der Waals surface area contributed by atoms with E-state index >= 15 is 0 Å². The second kappa shape index (κ2) is 9.31. The van der Waals surface area contributed by atoms with E-state index in [2.05, 4.69) is 26.8 Å². The lowest BCUT2D eigenvalue weighted by molar-refractivity contribution is -0.125. The Morgan fingerprint density at radius 3 is 2.03 bits per heavy atom. The van der Waals surface area contributed by atoms with E-state index in [1.165, 1.54) is 24.3 Å². The molecule has 1 aliphatic heterocycles. The fraction of sp³-hybridized carbons (Fsp3) is 0.150. The molecule has 0 bridgehead atoms. The van der Waals surface area contributed by atoms with Crippen molar-refractivity contribution in [1.82, 2.24) is 10.9 Å². The summed E-state index contributed by atoms with van der Waals surface area (Å²) >= 11 is 3.25. The van der Waals surface area contributed by atoms with E-state index in [0.717, 1.165) is 9.37 Å². The van der Waals surface area contributed by atoms with Gasteiger partial charge in [-0.25, -0.2) is 4.79 Å². The third kappa shape index (κ3) is 5.09. The molecule has 2 aromatic carbocycles. The molecule has 0 spiro atoms. The number of carbonyl (C=O) groups is 5. The molecule has 1 aliphatic rings. The molecular weight excluding hydrogens is 458 g/mol. The zero-order chi connectivity index (χ0) is 21.7. The van der Waals surface area contributed by atoms with Crippen LogP contribution < -0.4 is 15.8 Å². The number of benzene rings is 2. The number of halogens is 1. The highest BCUT2D eigenvalue weighted by Crippen LogP contribution is 2.22. The Kier molecular flexibility index (Phi) is 6.58. The molecule has 0 unspecified atom stereocenters. The highest BCUT2D eigenvalue weighted by molar-refractivity contribution is 9.10. The fourth-order valence-corrected chi connectivity index (χ4v) is 2.93. The number of carbonyl (C=O) groups excluding carboxylic acids is 5. The highest BCUT2D eigenvalue weighted by Gasteiger charge is 2.30. The normalized spacial score (nSPS) is 13.2. The van der Waals surface area contributed by atoms with Gasteiger partial charge in [0.15, 0.2) is 6.61 Å². The molecule has 9 nitrogen and oxygen atoms in total. The SMILES string of the molecule is O=C(COC(=O)c1ccc(N2C(=O)CCC2=O)cc1)NNC(=O)c1ccc(Br)cc1. The Labute approximate surface area is 179 Å². The number of anilines is 1. The molecular formula is C20H16BrN3O6. The van der Waals surface area contributed by atoms with E-state index in [-0.39, 0.29) is 30.2 Å². The smallest absolute Gasteiger partial charge is 0.338 e. The molecule has 0 radical (unpaired) electrons. The van der Waals surface area contributed by atoms with Crippen LogP contribution in [0, 0.1) is 0 Å². The Hall–Kier alpha value is -3.53. The number of hydrogen-bond donors (Lipinski definition) is 2. The molecule has 4 amide bonds. The van der Waals surface area contributed by atoms with Crippen molar-refractivity contribution in [2.45, 2.75) is 12.8 Å². The van der Waals surface area contributed by atoms with Gasteiger partial charge >= 0.3 is 5.97 Å². The summed E-state index contributed by atoms with van der Waals surface area (Å²) in [6.45, 7) is -0.607. The molecule has 1 fully saturated rings. The number of nitrogens with one attached hydrogen (secondary N) is 2. The molecule has 154 valence electrons. The summed E-state index contributed by atoms with van der Waals surface area (Å²) in [6.07, 6.45) is 0.326. The largest absolute Gasteiger partial charge is 0.452 e. The minimum absolute atomic E-state index is 0.143. The maximum absolute atomic E-state index is 12.1. The first kappa shape index (κ1) is 21.2. The quantitative estimate of drug-likeness (QED) is 0.387. The molecule has 2 aromatic rings. The molecule has 30 heavy (non-hydrogen) atoms. The summed E-state index contributed by atoms with van der Waals surface area (Å²) in [7, 11) is 0. The Bertz CT molecular complexity index is 988. The van der Waals surface area contributed by atoms with Gasteiger partial charge in [0.1, 0.15) is 0 Å². The van der Waals surface area contributed by atoms with Crippen LogP contribution in [-0.4, -0.2) is 36.2 Å². The number of imide groups is 1. The van der Waals surface area contributed by atoms with Crippen molar-refractivity contribution >= 4 is 51.2 Å². The Morgan fingerprint density at radius 2 is 1.43 bits per heavy atom. The number of amides is 4. The van der Waals surface area contributed by atoms with Gasteiger partial charge in [-0.15, -0.1) is 0 Å². The molecule has 0 aliphatic carbocycles. The third-order valence-corrected chi connectivity index (χ3v) is 4.70. The summed E-state index contributed by atoms with van der Waals surface area (Å²) in [4.78, 5) is 60.3. The summed E-state index contributed by atoms with van der Waals surface area (Å²) < 4.78 is 5.70. The van der Waals surface area contributed by atoms with Gasteiger partial charge in [0.05, 0.1) is 11.3 Å². The van der Waals surface area contributed by atoms with E-state index in [1.807, 2.05) is 0 Å². The third-order valence-electron chi connectivity index (χ3n) is 4.17. The number of esters is 1. The summed E-state index contributed by atoms with van der Waals surface area (Å²) in [6, 6.07) is 12.2. The number of ether oxygens (including phenoxy) is 1. The van der Waals surface area contributed by atoms with E-state index in [1.54, 1.807) is 24.3 Å². The molecule has 10 heteroatoms. The average molecular weight is 474 g/mol. The lowest BCUT2D eigenvalue weighted by Crippen LogP contribution is -2.43. The van der Waals surface area contributed by atoms with Gasteiger partial charge in [-0.1, -0.05) is 15.9 Å². The molecule has 0 saturated carbocycles. The van der Waals surface area contributed by atoms with Crippen LogP contribution in [0.5, 0.6) is 0 Å². The minimum atomic E-state index is -0.769. The predicted octanol–water partition coefficient (Wildman–Crippen LogP) is 1.72. The first-order chi connectivity index (χ1) is 14.3. The maximum atomic E-state index is 12.1. The van der Waals surface area contributed by atoms with Crippen LogP contribution in [0.25, 0.3) is 0 Å². The summed E-state index contributed by atoms with van der Waals surface area (Å²) in [5, 5.41) is 0. The van der Waals surface area contributed by atoms with Gasteiger partial charge in [0.2, 0.25) is 11.8 Å². The highest BCUT2D eigenvalue weighted by atomic mass is 79.9. The zero-order valence-electron chi connectivity index (χ0n) is 15.5. The Morgan fingerprint density at radius 1 is 0.867 bits per heavy atom. The number of hydrogen-bond acceptors (Lipinski definition) is 6. The number of rotatable bonds is 5. The Balaban J connectivity index is 1.47. The molecule has 2 N–H and O–H groups in total. The lowest BCUT2D eigenvalue weighted by Gasteiger charge is -2.14. The van der Waals surface area contributed by atoms with Gasteiger partial charge in [-0.2, -0.15) is 0 Å². The van der Waals surface area contributed by atoms with Gasteiger partial charge in [0.25, 0.3) is 11.8 Å². The summed E-state index contributed by atoms with van der Waals surface area (Å²) in [5.74, 6) is -2.60. The molecule has 1 heterocycles. The zero-order valence-corrected chi connectivity index (χ0v) is 17.1. The fourth-order valence-electron chi connectivity index (χ4n) is 2.66. The maximum Gasteiger partial charge on any atom is 0.338 e. The standard InChI is InChI=1S/C20H16BrN3O6/c21-14-5-1-12(2-6-14)19(28)23-22-16(25)11-30-20(29)13-3-7-15(8-4-13)24-17(26)9-10-18(24)27/h1-8H,9-11H2,(H,22,25)(H,23,28). The van der Waals surface area contributed by atoms with Crippen LogP contribution in [0.2, 0.25) is 0 Å². The van der Waals surface area contributed by atoms with Crippen molar-refractivity contribution in [3.63, 3.8) is 0 Å².